The van der Waals surface area contributed by atoms with Gasteiger partial charge in [0.05, 0.1) is 6.10 Å². The molecule has 2 unspecified atom stereocenters. The molecule has 182 valence electrons. The van der Waals surface area contributed by atoms with Crippen molar-refractivity contribution in [3.63, 3.8) is 0 Å². The summed E-state index contributed by atoms with van der Waals surface area (Å²) in [5.41, 5.74) is -0.653. The third kappa shape index (κ3) is 3.05. The summed E-state index contributed by atoms with van der Waals surface area (Å²) in [6.45, 7) is 6.63. The number of cyclic esters (lactones) is 1. The molecule has 3 aliphatic carbocycles. The predicted octanol–water partition coefficient (Wildman–Crippen LogP) is 2.76. The SMILES string of the molecule is CC(C)C1C[C@@H]2O[C@@]23[C@@]2(C)CCC4=C(COC4=O)C2CC[C@@]3(O)[C@@H]1OC(=O)CCCC(=O)O. The molecule has 0 aromatic rings. The van der Waals surface area contributed by atoms with E-state index in [4.69, 9.17) is 19.3 Å². The Labute approximate surface area is 193 Å². The van der Waals surface area contributed by atoms with Crippen LogP contribution in [0.3, 0.4) is 0 Å². The van der Waals surface area contributed by atoms with Gasteiger partial charge in [-0.3, -0.25) is 9.59 Å². The van der Waals surface area contributed by atoms with Gasteiger partial charge in [0.2, 0.25) is 0 Å². The molecule has 1 spiro atoms. The number of epoxide rings is 1. The van der Waals surface area contributed by atoms with E-state index in [0.29, 0.717) is 32.3 Å². The third-order valence-corrected chi connectivity index (χ3v) is 9.34. The lowest BCUT2D eigenvalue weighted by molar-refractivity contribution is -0.232. The number of aliphatic carboxylic acids is 1. The number of esters is 2. The van der Waals surface area contributed by atoms with Gasteiger partial charge < -0.3 is 24.4 Å². The standard InChI is InChI=1S/C25H34O8/c1-13(2)15-11-18-25(33-18)23(3)9-7-14-16(12-31-22(14)29)17(23)8-10-24(25,30)21(15)32-20(28)6-4-5-19(26)27/h13,15,17-18,21,30H,4-12H2,1-3H3,(H,26,27)/t15?,17?,18-,21+,23-,24+,25+/m0/s1. The second kappa shape index (κ2) is 7.54. The van der Waals surface area contributed by atoms with Crippen molar-refractivity contribution in [1.29, 1.82) is 0 Å². The first-order valence-electron chi connectivity index (χ1n) is 12.3. The Morgan fingerprint density at radius 2 is 2.00 bits per heavy atom. The molecule has 2 saturated carbocycles. The summed E-state index contributed by atoms with van der Waals surface area (Å²) >= 11 is 0. The van der Waals surface area contributed by atoms with Crippen molar-refractivity contribution >= 4 is 17.9 Å². The van der Waals surface area contributed by atoms with E-state index in [9.17, 15) is 19.5 Å². The van der Waals surface area contributed by atoms with Crippen LogP contribution in [-0.2, 0) is 28.6 Å². The number of hydrogen-bond donors (Lipinski definition) is 2. The molecule has 7 atom stereocenters. The summed E-state index contributed by atoms with van der Waals surface area (Å²) < 4.78 is 17.8. The number of carbonyl (C=O) groups is 3. The van der Waals surface area contributed by atoms with E-state index in [0.717, 1.165) is 17.6 Å². The molecular weight excluding hydrogens is 428 g/mol. The van der Waals surface area contributed by atoms with Crippen molar-refractivity contribution in [2.75, 3.05) is 6.61 Å². The van der Waals surface area contributed by atoms with Gasteiger partial charge in [0.1, 0.15) is 23.9 Å². The van der Waals surface area contributed by atoms with Crippen LogP contribution in [0.1, 0.15) is 72.1 Å². The quantitative estimate of drug-likeness (QED) is 0.456. The van der Waals surface area contributed by atoms with Crippen molar-refractivity contribution < 1.29 is 38.8 Å². The largest absolute Gasteiger partial charge is 0.481 e. The monoisotopic (exact) mass is 462 g/mol. The minimum Gasteiger partial charge on any atom is -0.481 e. The van der Waals surface area contributed by atoms with Crippen LogP contribution < -0.4 is 0 Å². The molecule has 33 heavy (non-hydrogen) atoms. The fourth-order valence-electron chi connectivity index (χ4n) is 7.70. The molecule has 2 N–H and O–H groups in total. The second-order valence-corrected chi connectivity index (χ2v) is 11.2. The zero-order chi connectivity index (χ0) is 23.8. The molecule has 1 saturated heterocycles. The number of ether oxygens (including phenoxy) is 3. The smallest absolute Gasteiger partial charge is 0.334 e. The Hall–Kier alpha value is -1.93. The van der Waals surface area contributed by atoms with Gasteiger partial charge in [-0.25, -0.2) is 4.79 Å². The van der Waals surface area contributed by atoms with Crippen LogP contribution in [0.4, 0.5) is 0 Å². The number of carboxylic acids is 1. The molecule has 5 aliphatic rings. The summed E-state index contributed by atoms with van der Waals surface area (Å²) in [7, 11) is 0. The van der Waals surface area contributed by atoms with Crippen LogP contribution in [0.15, 0.2) is 11.1 Å². The molecule has 0 aromatic carbocycles. The first-order chi connectivity index (χ1) is 15.5. The maximum absolute atomic E-state index is 12.7. The molecule has 0 amide bonds. The summed E-state index contributed by atoms with van der Waals surface area (Å²) in [6, 6.07) is 0. The van der Waals surface area contributed by atoms with E-state index in [1.807, 2.05) is 0 Å². The van der Waals surface area contributed by atoms with Gasteiger partial charge in [0.15, 0.2) is 0 Å². The molecule has 0 radical (unpaired) electrons. The first-order valence-corrected chi connectivity index (χ1v) is 12.3. The average molecular weight is 463 g/mol. The number of rotatable bonds is 6. The summed E-state index contributed by atoms with van der Waals surface area (Å²) in [5.74, 6) is -1.39. The third-order valence-electron chi connectivity index (χ3n) is 9.34. The van der Waals surface area contributed by atoms with Crippen molar-refractivity contribution in [3.8, 4) is 0 Å². The van der Waals surface area contributed by atoms with Crippen LogP contribution >= 0.6 is 0 Å². The number of aliphatic hydroxyl groups is 1. The Kier molecular flexibility index (Phi) is 5.22. The van der Waals surface area contributed by atoms with Crippen molar-refractivity contribution in [2.24, 2.45) is 23.2 Å². The fraction of sp³-hybridized carbons (Fsp3) is 0.800. The van der Waals surface area contributed by atoms with Crippen LogP contribution in [0, 0.1) is 23.2 Å². The van der Waals surface area contributed by atoms with E-state index in [-0.39, 0.29) is 54.5 Å². The number of fused-ring (bicyclic) bond motifs is 2. The summed E-state index contributed by atoms with van der Waals surface area (Å²) in [6.07, 6.45) is 2.45. The highest BCUT2D eigenvalue weighted by molar-refractivity contribution is 5.92. The normalized spacial score (nSPS) is 43.2. The topological polar surface area (TPSA) is 123 Å². The van der Waals surface area contributed by atoms with Gasteiger partial charge in [0, 0.05) is 29.7 Å². The Balaban J connectivity index is 1.46. The second-order valence-electron chi connectivity index (χ2n) is 11.2. The Bertz CT molecular complexity index is 923. The molecule has 8 nitrogen and oxygen atoms in total. The van der Waals surface area contributed by atoms with Gasteiger partial charge >= 0.3 is 17.9 Å². The highest BCUT2D eigenvalue weighted by Crippen LogP contribution is 2.73. The van der Waals surface area contributed by atoms with E-state index in [2.05, 4.69) is 20.8 Å². The highest BCUT2D eigenvalue weighted by atomic mass is 16.6. The molecule has 2 aliphatic heterocycles. The molecule has 0 bridgehead atoms. The maximum atomic E-state index is 12.7. The van der Waals surface area contributed by atoms with Gasteiger partial charge in [0.25, 0.3) is 0 Å². The van der Waals surface area contributed by atoms with Crippen molar-refractivity contribution in [1.82, 2.24) is 0 Å². The lowest BCUT2D eigenvalue weighted by Gasteiger charge is -2.60. The van der Waals surface area contributed by atoms with Gasteiger partial charge in [-0.1, -0.05) is 20.8 Å². The average Bonchev–Trinajstić information content (AvgIpc) is 3.38. The lowest BCUT2D eigenvalue weighted by atomic mass is 9.45. The van der Waals surface area contributed by atoms with Crippen molar-refractivity contribution in [3.05, 3.63) is 11.1 Å². The zero-order valence-corrected chi connectivity index (χ0v) is 19.6. The van der Waals surface area contributed by atoms with E-state index < -0.39 is 29.2 Å². The predicted molar refractivity (Wildman–Crippen MR) is 115 cm³/mol. The van der Waals surface area contributed by atoms with E-state index in [1.165, 1.54) is 0 Å². The van der Waals surface area contributed by atoms with E-state index in [1.54, 1.807) is 0 Å². The fourth-order valence-corrected chi connectivity index (χ4v) is 7.70. The number of hydrogen-bond acceptors (Lipinski definition) is 7. The van der Waals surface area contributed by atoms with Gasteiger partial charge in [-0.05, 0) is 55.9 Å². The molecular formula is C25H34O8. The molecule has 3 fully saturated rings. The summed E-state index contributed by atoms with van der Waals surface area (Å²) in [4.78, 5) is 35.7. The number of carboxylic acid groups (broad SMARTS) is 1. The Morgan fingerprint density at radius 3 is 2.70 bits per heavy atom. The number of carbonyl (C=O) groups excluding carboxylic acids is 2. The first kappa shape index (κ1) is 22.8. The highest BCUT2D eigenvalue weighted by Gasteiger charge is 2.84. The minimum atomic E-state index is -1.32. The van der Waals surface area contributed by atoms with Gasteiger partial charge in [-0.15, -0.1) is 0 Å². The zero-order valence-electron chi connectivity index (χ0n) is 19.6. The van der Waals surface area contributed by atoms with Crippen molar-refractivity contribution in [2.45, 2.75) is 95.5 Å². The van der Waals surface area contributed by atoms with Crippen LogP contribution in [0.25, 0.3) is 0 Å². The minimum absolute atomic E-state index is 0.0105. The molecule has 5 rings (SSSR count). The molecule has 0 aromatic heterocycles. The van der Waals surface area contributed by atoms with Crippen LogP contribution in [0.2, 0.25) is 0 Å². The van der Waals surface area contributed by atoms with Crippen LogP contribution in [0.5, 0.6) is 0 Å². The van der Waals surface area contributed by atoms with Crippen LogP contribution in [-0.4, -0.2) is 58.1 Å². The molecule has 8 heteroatoms. The van der Waals surface area contributed by atoms with E-state index >= 15 is 0 Å². The maximum Gasteiger partial charge on any atom is 0.334 e. The lowest BCUT2D eigenvalue weighted by Crippen LogP contribution is -2.72. The molecule has 2 heterocycles. The Morgan fingerprint density at radius 1 is 1.24 bits per heavy atom. The van der Waals surface area contributed by atoms with Gasteiger partial charge in [-0.2, -0.15) is 0 Å². The summed E-state index contributed by atoms with van der Waals surface area (Å²) in [5, 5.41) is 21.2.